The van der Waals surface area contributed by atoms with E-state index < -0.39 is 10.0 Å². The van der Waals surface area contributed by atoms with Crippen molar-refractivity contribution in [3.8, 4) is 16.9 Å². The maximum absolute atomic E-state index is 12.8. The smallest absolute Gasteiger partial charge is 0.255 e. The number of rotatable bonds is 6. The third-order valence-corrected chi connectivity index (χ3v) is 5.71. The molecule has 0 saturated heterocycles. The Bertz CT molecular complexity index is 1130. The summed E-state index contributed by atoms with van der Waals surface area (Å²) in [6, 6.07) is 21.7. The average molecular weight is 410 g/mol. The molecule has 0 aliphatic carbocycles. The van der Waals surface area contributed by atoms with Crippen LogP contribution in [0.3, 0.4) is 0 Å². The zero-order valence-electron chi connectivity index (χ0n) is 16.4. The van der Waals surface area contributed by atoms with E-state index in [-0.39, 0.29) is 5.91 Å². The summed E-state index contributed by atoms with van der Waals surface area (Å²) >= 11 is 0. The number of methoxy groups -OCH3 is 1. The molecule has 0 saturated carbocycles. The van der Waals surface area contributed by atoms with Gasteiger partial charge in [0, 0.05) is 12.6 Å². The van der Waals surface area contributed by atoms with E-state index in [0.717, 1.165) is 21.7 Å². The second-order valence-electron chi connectivity index (χ2n) is 6.51. The fraction of sp³-hybridized carbons (Fsp3) is 0.136. The Labute approximate surface area is 170 Å². The molecule has 3 aromatic rings. The molecule has 7 heteroatoms. The minimum absolute atomic E-state index is 0.364. The minimum atomic E-state index is -3.50. The number of nitrogens with one attached hydrogen (secondary N) is 1. The highest BCUT2D eigenvalue weighted by Gasteiger charge is 2.19. The van der Waals surface area contributed by atoms with E-state index in [1.54, 1.807) is 36.4 Å². The molecule has 150 valence electrons. The summed E-state index contributed by atoms with van der Waals surface area (Å²) in [4.78, 5) is 12.8. The first-order valence-corrected chi connectivity index (χ1v) is 10.7. The highest BCUT2D eigenvalue weighted by atomic mass is 32.2. The quantitative estimate of drug-likeness (QED) is 0.666. The number of nitrogens with zero attached hydrogens (tertiary/aromatic N) is 1. The Hall–Kier alpha value is -3.32. The van der Waals surface area contributed by atoms with E-state index in [1.165, 1.54) is 14.2 Å². The van der Waals surface area contributed by atoms with Crippen LogP contribution in [0.4, 0.5) is 11.4 Å². The first-order chi connectivity index (χ1) is 13.8. The molecule has 0 spiro atoms. The fourth-order valence-corrected chi connectivity index (χ4v) is 3.37. The summed E-state index contributed by atoms with van der Waals surface area (Å²) in [6.45, 7) is 0. The van der Waals surface area contributed by atoms with Gasteiger partial charge in [0.25, 0.3) is 5.91 Å². The van der Waals surface area contributed by atoms with Crippen molar-refractivity contribution in [1.82, 2.24) is 0 Å². The van der Waals surface area contributed by atoms with Crippen molar-refractivity contribution in [3.63, 3.8) is 0 Å². The van der Waals surface area contributed by atoms with E-state index in [9.17, 15) is 13.2 Å². The molecule has 0 aromatic heterocycles. The molecule has 0 unspecified atom stereocenters. The van der Waals surface area contributed by atoms with Crippen molar-refractivity contribution < 1.29 is 17.9 Å². The predicted octanol–water partition coefficient (Wildman–Crippen LogP) is 4.01. The molecule has 0 atom stereocenters. The van der Waals surface area contributed by atoms with Gasteiger partial charge in [-0.1, -0.05) is 42.5 Å². The largest absolute Gasteiger partial charge is 0.497 e. The molecule has 1 amide bonds. The summed E-state index contributed by atoms with van der Waals surface area (Å²) in [7, 11) is -0.525. The number of benzene rings is 3. The molecule has 0 bridgehead atoms. The zero-order valence-corrected chi connectivity index (χ0v) is 17.2. The van der Waals surface area contributed by atoms with Gasteiger partial charge in [-0.2, -0.15) is 0 Å². The summed E-state index contributed by atoms with van der Waals surface area (Å²) in [5.41, 5.74) is 2.99. The average Bonchev–Trinajstić information content (AvgIpc) is 2.73. The highest BCUT2D eigenvalue weighted by molar-refractivity contribution is 7.92. The molecule has 0 radical (unpaired) electrons. The Morgan fingerprint density at radius 2 is 1.66 bits per heavy atom. The van der Waals surface area contributed by atoms with Crippen molar-refractivity contribution in [2.75, 3.05) is 30.0 Å². The maximum Gasteiger partial charge on any atom is 0.255 e. The monoisotopic (exact) mass is 410 g/mol. The molecule has 0 fully saturated rings. The van der Waals surface area contributed by atoms with Crippen LogP contribution in [0.5, 0.6) is 5.75 Å². The highest BCUT2D eigenvalue weighted by Crippen LogP contribution is 2.32. The van der Waals surface area contributed by atoms with Gasteiger partial charge in [-0.25, -0.2) is 8.42 Å². The number of anilines is 2. The van der Waals surface area contributed by atoms with Gasteiger partial charge in [-0.3, -0.25) is 9.10 Å². The maximum atomic E-state index is 12.8. The van der Waals surface area contributed by atoms with Gasteiger partial charge in [-0.15, -0.1) is 0 Å². The number of hydrogen-bond acceptors (Lipinski definition) is 4. The topological polar surface area (TPSA) is 75.7 Å². The molecule has 0 aliphatic heterocycles. The Morgan fingerprint density at radius 3 is 2.31 bits per heavy atom. The van der Waals surface area contributed by atoms with E-state index in [1.807, 2.05) is 36.4 Å². The van der Waals surface area contributed by atoms with E-state index >= 15 is 0 Å². The van der Waals surface area contributed by atoms with Crippen LogP contribution < -0.4 is 14.4 Å². The van der Waals surface area contributed by atoms with Crippen LogP contribution in [-0.4, -0.2) is 34.7 Å². The van der Waals surface area contributed by atoms with Crippen molar-refractivity contribution in [2.45, 2.75) is 0 Å². The molecule has 6 nitrogen and oxygen atoms in total. The molecule has 0 aliphatic rings. The van der Waals surface area contributed by atoms with Crippen molar-refractivity contribution in [1.29, 1.82) is 0 Å². The van der Waals surface area contributed by atoms with Gasteiger partial charge in [0.1, 0.15) is 5.75 Å². The van der Waals surface area contributed by atoms with Gasteiger partial charge in [0.05, 0.1) is 24.7 Å². The Kier molecular flexibility index (Phi) is 5.89. The summed E-state index contributed by atoms with van der Waals surface area (Å²) in [5, 5.41) is 2.84. The summed E-state index contributed by atoms with van der Waals surface area (Å²) in [5.74, 6) is 0.196. The third-order valence-electron chi connectivity index (χ3n) is 4.52. The predicted molar refractivity (Wildman–Crippen MR) is 116 cm³/mol. The van der Waals surface area contributed by atoms with Crippen LogP contribution in [0, 0.1) is 0 Å². The first kappa shape index (κ1) is 20.4. The molecule has 3 aromatic carbocycles. The van der Waals surface area contributed by atoms with E-state index in [0.29, 0.717) is 22.7 Å². The second kappa shape index (κ2) is 8.36. The lowest BCUT2D eigenvalue weighted by molar-refractivity contribution is 0.102. The standard InChI is InChI=1S/C22H22N2O4S/c1-24(29(3,26)27)21-13-12-17(16-8-5-4-6-9-16)15-20(21)23-22(25)18-10-7-11-19(14-18)28-2/h4-15H,1-3H3,(H,23,25). The van der Waals surface area contributed by atoms with Crippen LogP contribution in [0.15, 0.2) is 72.8 Å². The number of carbonyl (C=O) groups is 1. The van der Waals surface area contributed by atoms with Gasteiger partial charge < -0.3 is 10.1 Å². The van der Waals surface area contributed by atoms with Gasteiger partial charge in [0.2, 0.25) is 10.0 Å². The van der Waals surface area contributed by atoms with Crippen LogP contribution >= 0.6 is 0 Å². The molecule has 0 heterocycles. The van der Waals surface area contributed by atoms with Gasteiger partial charge in [-0.05, 0) is 41.5 Å². The lowest BCUT2D eigenvalue weighted by Gasteiger charge is -2.21. The molecule has 3 rings (SSSR count). The number of carbonyl (C=O) groups excluding carboxylic acids is 1. The molecular weight excluding hydrogens is 388 g/mol. The number of hydrogen-bond donors (Lipinski definition) is 1. The number of ether oxygens (including phenoxy) is 1. The van der Waals surface area contributed by atoms with Gasteiger partial charge in [0.15, 0.2) is 0 Å². The summed E-state index contributed by atoms with van der Waals surface area (Å²) < 4.78 is 30.5. The van der Waals surface area contributed by atoms with E-state index in [2.05, 4.69) is 5.32 Å². The van der Waals surface area contributed by atoms with Crippen LogP contribution in [-0.2, 0) is 10.0 Å². The number of amides is 1. The molecule has 29 heavy (non-hydrogen) atoms. The Morgan fingerprint density at radius 1 is 0.931 bits per heavy atom. The van der Waals surface area contributed by atoms with Crippen LogP contribution in [0.2, 0.25) is 0 Å². The lowest BCUT2D eigenvalue weighted by Crippen LogP contribution is -2.26. The third kappa shape index (κ3) is 4.75. The fourth-order valence-electron chi connectivity index (χ4n) is 2.86. The zero-order chi connectivity index (χ0) is 21.0. The van der Waals surface area contributed by atoms with Crippen molar-refractivity contribution in [2.24, 2.45) is 0 Å². The van der Waals surface area contributed by atoms with Crippen molar-refractivity contribution >= 4 is 27.3 Å². The normalized spacial score (nSPS) is 11.0. The van der Waals surface area contributed by atoms with E-state index in [4.69, 9.17) is 4.74 Å². The lowest BCUT2D eigenvalue weighted by atomic mass is 10.0. The second-order valence-corrected chi connectivity index (χ2v) is 8.53. The SMILES string of the molecule is COc1cccc(C(=O)Nc2cc(-c3ccccc3)ccc2N(C)S(C)(=O)=O)c1. The van der Waals surface area contributed by atoms with Gasteiger partial charge >= 0.3 is 0 Å². The number of sulfonamides is 1. The minimum Gasteiger partial charge on any atom is -0.497 e. The molecular formula is C22H22N2O4S. The summed E-state index contributed by atoms with van der Waals surface area (Å²) in [6.07, 6.45) is 1.12. The van der Waals surface area contributed by atoms with Crippen molar-refractivity contribution in [3.05, 3.63) is 78.4 Å². The van der Waals surface area contributed by atoms with Crippen LogP contribution in [0.1, 0.15) is 10.4 Å². The first-order valence-electron chi connectivity index (χ1n) is 8.88. The Balaban J connectivity index is 2.04. The molecule has 1 N–H and O–H groups in total. The van der Waals surface area contributed by atoms with Crippen LogP contribution in [0.25, 0.3) is 11.1 Å².